The molecule has 0 aromatic heterocycles. The Kier molecular flexibility index (Phi) is 3.98. The maximum absolute atomic E-state index is 13.5. The molecular weight excluding hydrogens is 267 g/mol. The van der Waals surface area contributed by atoms with E-state index in [1.165, 1.54) is 25.0 Å². The number of hydrogen-bond donors (Lipinski definition) is 2. The average molecular weight is 290 g/mol. The molecule has 0 saturated heterocycles. The number of halogens is 1. The van der Waals surface area contributed by atoms with E-state index < -0.39 is 5.41 Å². The monoisotopic (exact) mass is 290 g/mol. The summed E-state index contributed by atoms with van der Waals surface area (Å²) < 4.78 is 13.5. The maximum atomic E-state index is 13.5. The molecule has 3 rings (SSSR count). The van der Waals surface area contributed by atoms with Crippen molar-refractivity contribution in [3.05, 3.63) is 35.6 Å². The van der Waals surface area contributed by atoms with Gasteiger partial charge in [-0.15, -0.1) is 0 Å². The third-order valence-corrected chi connectivity index (χ3v) is 4.99. The van der Waals surface area contributed by atoms with Crippen LogP contribution in [0.5, 0.6) is 0 Å². The minimum atomic E-state index is -0.564. The van der Waals surface area contributed by atoms with Gasteiger partial charge in [0.2, 0.25) is 5.91 Å². The number of benzene rings is 1. The van der Waals surface area contributed by atoms with Crippen LogP contribution in [0.1, 0.15) is 44.1 Å². The van der Waals surface area contributed by atoms with Crippen LogP contribution < -0.4 is 11.1 Å². The van der Waals surface area contributed by atoms with Gasteiger partial charge < -0.3 is 11.1 Å². The van der Waals surface area contributed by atoms with E-state index in [4.69, 9.17) is 5.73 Å². The van der Waals surface area contributed by atoms with Gasteiger partial charge >= 0.3 is 0 Å². The predicted octanol–water partition coefficient (Wildman–Crippen LogP) is 2.49. The normalized spacial score (nSPS) is 22.0. The Morgan fingerprint density at radius 2 is 2.10 bits per heavy atom. The van der Waals surface area contributed by atoms with Gasteiger partial charge in [0, 0.05) is 12.6 Å². The highest BCUT2D eigenvalue weighted by Gasteiger charge is 2.43. The Morgan fingerprint density at radius 3 is 2.71 bits per heavy atom. The fourth-order valence-corrected chi connectivity index (χ4v) is 3.48. The largest absolute Gasteiger partial charge is 0.354 e. The molecule has 0 heterocycles. The van der Waals surface area contributed by atoms with Crippen LogP contribution in [0.2, 0.25) is 0 Å². The molecule has 1 unspecified atom stereocenters. The second-order valence-corrected chi connectivity index (χ2v) is 6.51. The van der Waals surface area contributed by atoms with Gasteiger partial charge in [-0.1, -0.05) is 25.0 Å². The molecule has 0 radical (unpaired) electrons. The zero-order valence-electron chi connectivity index (χ0n) is 12.3. The van der Waals surface area contributed by atoms with Crippen LogP contribution in [0.25, 0.3) is 0 Å². The molecule has 0 spiro atoms. The van der Waals surface area contributed by atoms with E-state index in [2.05, 4.69) is 5.32 Å². The minimum Gasteiger partial charge on any atom is -0.354 e. The van der Waals surface area contributed by atoms with Gasteiger partial charge in [0.25, 0.3) is 0 Å². The van der Waals surface area contributed by atoms with Crippen molar-refractivity contribution in [1.82, 2.24) is 5.32 Å². The third kappa shape index (κ3) is 2.95. The molecule has 0 bridgehead atoms. The Balaban J connectivity index is 1.75. The van der Waals surface area contributed by atoms with Crippen molar-refractivity contribution in [3.8, 4) is 0 Å². The third-order valence-electron chi connectivity index (χ3n) is 4.99. The molecule has 3 nitrogen and oxygen atoms in total. The summed E-state index contributed by atoms with van der Waals surface area (Å²) in [5.74, 6) is 0.307. The summed E-state index contributed by atoms with van der Waals surface area (Å²) in [6, 6.07) is 6.54. The molecule has 114 valence electrons. The Hall–Kier alpha value is -1.42. The second kappa shape index (κ2) is 5.76. The van der Waals surface area contributed by atoms with Crippen LogP contribution in [0.3, 0.4) is 0 Å². The molecule has 2 aliphatic carbocycles. The van der Waals surface area contributed by atoms with Gasteiger partial charge in [-0.25, -0.2) is 4.39 Å². The van der Waals surface area contributed by atoms with E-state index in [0.29, 0.717) is 12.5 Å². The molecule has 1 aromatic rings. The lowest BCUT2D eigenvalue weighted by Crippen LogP contribution is -2.47. The van der Waals surface area contributed by atoms with Crippen LogP contribution in [0, 0.1) is 11.7 Å². The van der Waals surface area contributed by atoms with Crippen molar-refractivity contribution in [2.45, 2.75) is 50.0 Å². The number of carbonyl (C=O) groups excluding carboxylic acids is 1. The van der Waals surface area contributed by atoms with Gasteiger partial charge in [0.05, 0.1) is 5.41 Å². The molecule has 2 saturated carbocycles. The molecule has 3 N–H and O–H groups in total. The summed E-state index contributed by atoms with van der Waals surface area (Å²) in [5.41, 5.74) is 6.30. The minimum absolute atomic E-state index is 0.0155. The quantitative estimate of drug-likeness (QED) is 0.875. The van der Waals surface area contributed by atoms with Crippen molar-refractivity contribution < 1.29 is 9.18 Å². The lowest BCUT2D eigenvalue weighted by atomic mass is 9.78. The summed E-state index contributed by atoms with van der Waals surface area (Å²) in [6.07, 6.45) is 5.96. The summed E-state index contributed by atoms with van der Waals surface area (Å²) in [5, 5.41) is 3.02. The standard InChI is InChI=1S/C17H23FN2O/c18-14-5-3-4-13(10-14)17(8-1-2-9-17)16(21)20-11-15(19)12-6-7-12/h3-5,10,12,15H,1-2,6-9,11,19H2,(H,20,21). The van der Waals surface area contributed by atoms with Gasteiger partial charge in [0.15, 0.2) is 0 Å². The van der Waals surface area contributed by atoms with Crippen LogP contribution in [0.4, 0.5) is 4.39 Å². The SMILES string of the molecule is NC(CNC(=O)C1(c2cccc(F)c2)CCCC1)C1CC1. The van der Waals surface area contributed by atoms with Crippen LogP contribution in [0.15, 0.2) is 24.3 Å². The highest BCUT2D eigenvalue weighted by Crippen LogP contribution is 2.41. The van der Waals surface area contributed by atoms with E-state index in [-0.39, 0.29) is 17.8 Å². The van der Waals surface area contributed by atoms with Crippen molar-refractivity contribution in [2.24, 2.45) is 11.7 Å². The van der Waals surface area contributed by atoms with E-state index in [1.54, 1.807) is 6.07 Å². The maximum Gasteiger partial charge on any atom is 0.230 e. The zero-order chi connectivity index (χ0) is 14.9. The second-order valence-electron chi connectivity index (χ2n) is 6.51. The molecule has 1 amide bonds. The molecule has 1 aromatic carbocycles. The first-order chi connectivity index (χ1) is 10.1. The smallest absolute Gasteiger partial charge is 0.230 e. The van der Waals surface area contributed by atoms with Crippen molar-refractivity contribution in [3.63, 3.8) is 0 Å². The van der Waals surface area contributed by atoms with E-state index in [0.717, 1.165) is 31.2 Å². The van der Waals surface area contributed by atoms with Gasteiger partial charge in [-0.2, -0.15) is 0 Å². The average Bonchev–Trinajstić information content (AvgIpc) is 3.21. The van der Waals surface area contributed by atoms with Crippen LogP contribution in [-0.4, -0.2) is 18.5 Å². The fraction of sp³-hybridized carbons (Fsp3) is 0.588. The van der Waals surface area contributed by atoms with Gasteiger partial charge in [-0.05, 0) is 49.3 Å². The highest BCUT2D eigenvalue weighted by atomic mass is 19.1. The number of carbonyl (C=O) groups is 1. The van der Waals surface area contributed by atoms with E-state index in [9.17, 15) is 9.18 Å². The summed E-state index contributed by atoms with van der Waals surface area (Å²) >= 11 is 0. The molecule has 2 fully saturated rings. The predicted molar refractivity (Wildman–Crippen MR) is 80.3 cm³/mol. The summed E-state index contributed by atoms with van der Waals surface area (Å²) in [4.78, 5) is 12.7. The molecule has 2 aliphatic rings. The Labute approximate surface area is 125 Å². The highest BCUT2D eigenvalue weighted by molar-refractivity contribution is 5.88. The molecule has 0 aliphatic heterocycles. The van der Waals surface area contributed by atoms with Gasteiger partial charge in [-0.3, -0.25) is 4.79 Å². The first kappa shape index (κ1) is 14.5. The Morgan fingerprint density at radius 1 is 1.38 bits per heavy atom. The van der Waals surface area contributed by atoms with Crippen molar-refractivity contribution in [2.75, 3.05) is 6.54 Å². The topological polar surface area (TPSA) is 55.1 Å². The van der Waals surface area contributed by atoms with Crippen LogP contribution in [-0.2, 0) is 10.2 Å². The number of rotatable bonds is 5. The lowest BCUT2D eigenvalue weighted by Gasteiger charge is -2.29. The van der Waals surface area contributed by atoms with Crippen molar-refractivity contribution in [1.29, 1.82) is 0 Å². The number of nitrogens with two attached hydrogens (primary N) is 1. The van der Waals surface area contributed by atoms with Crippen molar-refractivity contribution >= 4 is 5.91 Å². The van der Waals surface area contributed by atoms with E-state index >= 15 is 0 Å². The summed E-state index contributed by atoms with van der Waals surface area (Å²) in [7, 11) is 0. The van der Waals surface area contributed by atoms with E-state index in [1.807, 2.05) is 6.07 Å². The first-order valence-electron chi connectivity index (χ1n) is 7.92. The van der Waals surface area contributed by atoms with Gasteiger partial charge in [0.1, 0.15) is 5.82 Å². The summed E-state index contributed by atoms with van der Waals surface area (Å²) in [6.45, 7) is 0.528. The number of amides is 1. The fourth-order valence-electron chi connectivity index (χ4n) is 3.48. The molecule has 1 atom stereocenters. The Bertz CT molecular complexity index is 521. The molecule has 21 heavy (non-hydrogen) atoms. The van der Waals surface area contributed by atoms with Crippen LogP contribution >= 0.6 is 0 Å². The lowest BCUT2D eigenvalue weighted by molar-refractivity contribution is -0.126. The number of hydrogen-bond acceptors (Lipinski definition) is 2. The molecular formula is C17H23FN2O. The molecule has 4 heteroatoms. The zero-order valence-corrected chi connectivity index (χ0v) is 12.3. The first-order valence-corrected chi connectivity index (χ1v) is 7.92. The number of nitrogens with one attached hydrogen (secondary N) is 1.